The van der Waals surface area contributed by atoms with Gasteiger partial charge in [-0.3, -0.25) is 4.79 Å². The third kappa shape index (κ3) is 4.39. The van der Waals surface area contributed by atoms with E-state index in [4.69, 9.17) is 5.73 Å². The maximum absolute atomic E-state index is 12.9. The van der Waals surface area contributed by atoms with Gasteiger partial charge in [0.05, 0.1) is 6.42 Å². The zero-order valence-electron chi connectivity index (χ0n) is 11.8. The van der Waals surface area contributed by atoms with Crippen LogP contribution in [0, 0.1) is 5.82 Å². The van der Waals surface area contributed by atoms with Crippen molar-refractivity contribution in [1.82, 2.24) is 0 Å². The Kier molecular flexibility index (Phi) is 5.46. The van der Waals surface area contributed by atoms with Crippen LogP contribution in [0.2, 0.25) is 0 Å². The number of anilines is 1. The Morgan fingerprint density at radius 3 is 2.33 bits per heavy atom. The SMILES string of the molecule is NCCCN(C(=O)Cc1ccc(F)cc1)c1ccccc1. The predicted molar refractivity (Wildman–Crippen MR) is 82.6 cm³/mol. The minimum atomic E-state index is -0.297. The van der Waals surface area contributed by atoms with Gasteiger partial charge in [-0.1, -0.05) is 30.3 Å². The van der Waals surface area contributed by atoms with Crippen molar-refractivity contribution in [3.63, 3.8) is 0 Å². The van der Waals surface area contributed by atoms with E-state index in [1.165, 1.54) is 12.1 Å². The molecule has 21 heavy (non-hydrogen) atoms. The van der Waals surface area contributed by atoms with Crippen molar-refractivity contribution in [3.8, 4) is 0 Å². The molecule has 2 rings (SSSR count). The lowest BCUT2D eigenvalue weighted by molar-refractivity contribution is -0.118. The van der Waals surface area contributed by atoms with Gasteiger partial charge in [0.1, 0.15) is 5.82 Å². The third-order valence-electron chi connectivity index (χ3n) is 3.22. The van der Waals surface area contributed by atoms with E-state index >= 15 is 0 Å². The van der Waals surface area contributed by atoms with Gasteiger partial charge in [0.2, 0.25) is 5.91 Å². The first-order valence-electron chi connectivity index (χ1n) is 7.00. The Hall–Kier alpha value is -2.20. The van der Waals surface area contributed by atoms with Gasteiger partial charge in [-0.25, -0.2) is 4.39 Å². The fourth-order valence-electron chi connectivity index (χ4n) is 2.13. The summed E-state index contributed by atoms with van der Waals surface area (Å²) < 4.78 is 12.9. The number of amides is 1. The maximum Gasteiger partial charge on any atom is 0.231 e. The largest absolute Gasteiger partial charge is 0.330 e. The van der Waals surface area contributed by atoms with E-state index in [-0.39, 0.29) is 18.1 Å². The minimum absolute atomic E-state index is 0.0127. The first-order valence-corrected chi connectivity index (χ1v) is 7.00. The number of rotatable bonds is 6. The second-order valence-corrected chi connectivity index (χ2v) is 4.83. The van der Waals surface area contributed by atoms with Gasteiger partial charge < -0.3 is 10.6 Å². The second-order valence-electron chi connectivity index (χ2n) is 4.83. The van der Waals surface area contributed by atoms with E-state index < -0.39 is 0 Å². The number of nitrogens with zero attached hydrogens (tertiary/aromatic N) is 1. The van der Waals surface area contributed by atoms with Crippen LogP contribution in [0.3, 0.4) is 0 Å². The van der Waals surface area contributed by atoms with Gasteiger partial charge >= 0.3 is 0 Å². The highest BCUT2D eigenvalue weighted by Gasteiger charge is 2.15. The van der Waals surface area contributed by atoms with Crippen LogP contribution >= 0.6 is 0 Å². The first-order chi connectivity index (χ1) is 10.2. The van der Waals surface area contributed by atoms with Gasteiger partial charge in [0.15, 0.2) is 0 Å². The molecule has 2 aromatic carbocycles. The van der Waals surface area contributed by atoms with Crippen molar-refractivity contribution >= 4 is 11.6 Å². The lowest BCUT2D eigenvalue weighted by Crippen LogP contribution is -2.34. The molecule has 0 aliphatic heterocycles. The zero-order chi connectivity index (χ0) is 15.1. The van der Waals surface area contributed by atoms with E-state index in [9.17, 15) is 9.18 Å². The average molecular weight is 286 g/mol. The molecular weight excluding hydrogens is 267 g/mol. The molecule has 0 bridgehead atoms. The molecule has 0 saturated carbocycles. The molecule has 0 atom stereocenters. The molecule has 0 aromatic heterocycles. The van der Waals surface area contributed by atoms with Crippen LogP contribution in [0.4, 0.5) is 10.1 Å². The van der Waals surface area contributed by atoms with Crippen molar-refractivity contribution in [2.75, 3.05) is 18.0 Å². The second kappa shape index (κ2) is 7.55. The highest BCUT2D eigenvalue weighted by molar-refractivity contribution is 5.94. The molecule has 0 saturated heterocycles. The number of carbonyl (C=O) groups is 1. The zero-order valence-corrected chi connectivity index (χ0v) is 11.8. The molecule has 0 spiro atoms. The summed E-state index contributed by atoms with van der Waals surface area (Å²) in [6, 6.07) is 15.5. The number of benzene rings is 2. The van der Waals surface area contributed by atoms with Crippen molar-refractivity contribution < 1.29 is 9.18 Å². The summed E-state index contributed by atoms with van der Waals surface area (Å²) >= 11 is 0. The van der Waals surface area contributed by atoms with Crippen molar-refractivity contribution in [2.45, 2.75) is 12.8 Å². The summed E-state index contributed by atoms with van der Waals surface area (Å²) in [5, 5.41) is 0. The van der Waals surface area contributed by atoms with E-state index in [1.54, 1.807) is 17.0 Å². The third-order valence-corrected chi connectivity index (χ3v) is 3.22. The Bertz CT molecular complexity index is 569. The molecule has 0 fully saturated rings. The average Bonchev–Trinajstić information content (AvgIpc) is 2.51. The number of nitrogens with two attached hydrogens (primary N) is 1. The Morgan fingerprint density at radius 1 is 1.05 bits per heavy atom. The number of para-hydroxylation sites is 1. The summed E-state index contributed by atoms with van der Waals surface area (Å²) in [5.41, 5.74) is 7.20. The highest BCUT2D eigenvalue weighted by atomic mass is 19.1. The fraction of sp³-hybridized carbons (Fsp3) is 0.235. The molecule has 0 aliphatic carbocycles. The molecule has 2 N–H and O–H groups in total. The summed E-state index contributed by atoms with van der Waals surface area (Å²) in [6.07, 6.45) is 0.990. The van der Waals surface area contributed by atoms with Crippen LogP contribution in [0.15, 0.2) is 54.6 Å². The molecule has 0 unspecified atom stereocenters. The van der Waals surface area contributed by atoms with Crippen LogP contribution in [0.25, 0.3) is 0 Å². The molecule has 1 amide bonds. The molecule has 0 heterocycles. The van der Waals surface area contributed by atoms with E-state index in [2.05, 4.69) is 0 Å². The van der Waals surface area contributed by atoms with Gasteiger partial charge in [0, 0.05) is 12.2 Å². The predicted octanol–water partition coefficient (Wildman–Crippen LogP) is 2.75. The topological polar surface area (TPSA) is 46.3 Å². The molecule has 0 aliphatic rings. The molecule has 4 heteroatoms. The van der Waals surface area contributed by atoms with Crippen molar-refractivity contribution in [1.29, 1.82) is 0 Å². The standard InChI is InChI=1S/C17H19FN2O/c18-15-9-7-14(8-10-15)13-17(21)20(12-4-11-19)16-5-2-1-3-6-16/h1-3,5-10H,4,11-13,19H2. The van der Waals surface area contributed by atoms with Gasteiger partial charge in [-0.05, 0) is 42.8 Å². The summed E-state index contributed by atoms with van der Waals surface area (Å²) in [4.78, 5) is 14.2. The van der Waals surface area contributed by atoms with Gasteiger partial charge in [-0.2, -0.15) is 0 Å². The number of carbonyl (C=O) groups excluding carboxylic acids is 1. The van der Waals surface area contributed by atoms with Gasteiger partial charge in [-0.15, -0.1) is 0 Å². The quantitative estimate of drug-likeness (QED) is 0.887. The molecule has 110 valence electrons. The van der Waals surface area contributed by atoms with Gasteiger partial charge in [0.25, 0.3) is 0 Å². The number of halogens is 1. The monoisotopic (exact) mass is 286 g/mol. The van der Waals surface area contributed by atoms with E-state index in [0.29, 0.717) is 13.1 Å². The maximum atomic E-state index is 12.9. The lowest BCUT2D eigenvalue weighted by atomic mass is 10.1. The summed E-state index contributed by atoms with van der Waals surface area (Å²) in [5.74, 6) is -0.310. The normalized spacial score (nSPS) is 10.4. The molecular formula is C17H19FN2O. The van der Waals surface area contributed by atoms with Crippen LogP contribution < -0.4 is 10.6 Å². The number of hydrogen-bond acceptors (Lipinski definition) is 2. The molecule has 2 aromatic rings. The molecule has 0 radical (unpaired) electrons. The Balaban J connectivity index is 2.12. The lowest BCUT2D eigenvalue weighted by Gasteiger charge is -2.22. The summed E-state index contributed by atoms with van der Waals surface area (Å²) in [7, 11) is 0. The van der Waals surface area contributed by atoms with Crippen molar-refractivity contribution in [2.24, 2.45) is 5.73 Å². The van der Waals surface area contributed by atoms with Crippen LogP contribution in [0.5, 0.6) is 0 Å². The van der Waals surface area contributed by atoms with Crippen LogP contribution in [-0.2, 0) is 11.2 Å². The van der Waals surface area contributed by atoms with E-state index in [0.717, 1.165) is 17.7 Å². The Labute approximate surface area is 124 Å². The number of hydrogen-bond donors (Lipinski definition) is 1. The van der Waals surface area contributed by atoms with Crippen LogP contribution in [0.1, 0.15) is 12.0 Å². The van der Waals surface area contributed by atoms with E-state index in [1.807, 2.05) is 30.3 Å². The van der Waals surface area contributed by atoms with Crippen molar-refractivity contribution in [3.05, 3.63) is 66.0 Å². The minimum Gasteiger partial charge on any atom is -0.330 e. The fourth-order valence-corrected chi connectivity index (χ4v) is 2.13. The summed E-state index contributed by atoms with van der Waals surface area (Å²) in [6.45, 7) is 1.12. The Morgan fingerprint density at radius 2 is 1.71 bits per heavy atom. The molecule has 3 nitrogen and oxygen atoms in total. The first kappa shape index (κ1) is 15.2. The van der Waals surface area contributed by atoms with Crippen LogP contribution in [-0.4, -0.2) is 19.0 Å². The highest BCUT2D eigenvalue weighted by Crippen LogP contribution is 2.16. The smallest absolute Gasteiger partial charge is 0.231 e.